The summed E-state index contributed by atoms with van der Waals surface area (Å²) in [6.45, 7) is 7.65. The summed E-state index contributed by atoms with van der Waals surface area (Å²) in [4.78, 5) is 29.1. The molecule has 0 saturated heterocycles. The molecule has 4 aromatic heterocycles. The van der Waals surface area contributed by atoms with Crippen LogP contribution in [-0.4, -0.2) is 35.0 Å². The van der Waals surface area contributed by atoms with Crippen molar-refractivity contribution in [2.75, 3.05) is 0 Å². The van der Waals surface area contributed by atoms with Gasteiger partial charge >= 0.3 is 0 Å². The van der Waals surface area contributed by atoms with Gasteiger partial charge in [-0.3, -0.25) is 14.8 Å². The summed E-state index contributed by atoms with van der Waals surface area (Å²) in [6, 6.07) is 20.9. The van der Waals surface area contributed by atoms with Gasteiger partial charge in [-0.15, -0.1) is 0 Å². The van der Waals surface area contributed by atoms with Crippen LogP contribution in [0.2, 0.25) is 10.0 Å². The topological polar surface area (TPSA) is 128 Å². The number of pyridine rings is 2. The van der Waals surface area contributed by atoms with Crippen molar-refractivity contribution in [2.24, 2.45) is 19.8 Å². The maximum Gasteiger partial charge on any atom is 0.269 e. The van der Waals surface area contributed by atoms with Crippen molar-refractivity contribution in [1.29, 1.82) is 5.26 Å². The number of nitriles is 1. The predicted molar refractivity (Wildman–Crippen MR) is 200 cm³/mol. The van der Waals surface area contributed by atoms with Gasteiger partial charge in [0.2, 0.25) is 0 Å². The number of aromatic nitrogens is 6. The number of halogens is 2. The molecule has 2 aromatic carbocycles. The maximum atomic E-state index is 11.9. The number of nitrogens with two attached hydrogens (primary N) is 1. The number of carbonyl (C=O) groups excluding carboxylic acids is 1. The first-order valence-electron chi connectivity index (χ1n) is 15.6. The molecule has 0 saturated carbocycles. The first-order chi connectivity index (χ1) is 24.4. The van der Waals surface area contributed by atoms with E-state index >= 15 is 0 Å². The van der Waals surface area contributed by atoms with Gasteiger partial charge < -0.3 is 14.9 Å². The Labute approximate surface area is 306 Å². The van der Waals surface area contributed by atoms with Gasteiger partial charge in [-0.2, -0.15) is 5.26 Å². The molecule has 9 nitrogen and oxygen atoms in total. The SMILES string of the molecule is Cc1ccc(-c2c(C#N)nc(C#Cc3cccc(Cl)c3C)n2C)cn1.Cc1ccc(-c2c(C(N)=O)nc(C#Cc3cccc(Cl)c3C)n2C)cn1. The molecule has 6 rings (SSSR count). The highest BCUT2D eigenvalue weighted by molar-refractivity contribution is 6.31. The van der Waals surface area contributed by atoms with E-state index in [1.165, 1.54) is 0 Å². The van der Waals surface area contributed by atoms with Gasteiger partial charge in [0.25, 0.3) is 5.91 Å². The van der Waals surface area contributed by atoms with E-state index in [9.17, 15) is 10.1 Å². The fourth-order valence-corrected chi connectivity index (χ4v) is 5.43. The van der Waals surface area contributed by atoms with Gasteiger partial charge in [-0.25, -0.2) is 9.97 Å². The minimum absolute atomic E-state index is 0.172. The second-order valence-electron chi connectivity index (χ2n) is 11.6. The minimum atomic E-state index is -0.608. The number of hydrogen-bond acceptors (Lipinski definition) is 6. The summed E-state index contributed by atoms with van der Waals surface area (Å²) in [5, 5.41) is 10.8. The van der Waals surface area contributed by atoms with Gasteiger partial charge in [-0.05, 0) is 99.2 Å². The fourth-order valence-electron chi connectivity index (χ4n) is 5.08. The van der Waals surface area contributed by atoms with E-state index in [0.717, 1.165) is 44.8 Å². The first-order valence-corrected chi connectivity index (χ1v) is 16.4. The molecule has 0 radical (unpaired) electrons. The Kier molecular flexibility index (Phi) is 11.0. The molecule has 0 aliphatic heterocycles. The van der Waals surface area contributed by atoms with E-state index in [2.05, 4.69) is 49.7 Å². The molecule has 0 aliphatic rings. The molecule has 0 atom stereocenters. The lowest BCUT2D eigenvalue weighted by Crippen LogP contribution is -2.13. The van der Waals surface area contributed by atoms with Crippen LogP contribution in [0.25, 0.3) is 22.5 Å². The average molecular weight is 712 g/mol. The average Bonchev–Trinajstić information content (AvgIpc) is 3.62. The van der Waals surface area contributed by atoms with E-state index in [0.29, 0.717) is 38.8 Å². The Morgan fingerprint density at radius 2 is 1.16 bits per heavy atom. The standard InChI is InChI=1S/C20H17ClN4O.C20H15ClN4/c1-12-7-8-15(11-23-12)19-18(20(22)26)24-17(25(19)3)10-9-14-5-4-6-16(21)13(14)2;1-13-7-8-16(12-23-13)20-18(11-22)24-19(25(20)3)10-9-15-5-4-6-17(21)14(15)2/h4-8,11H,1-3H3,(H2,22,26);4-8,12H,1-3H3. The van der Waals surface area contributed by atoms with Gasteiger partial charge in [0.1, 0.15) is 6.07 Å². The van der Waals surface area contributed by atoms with Crippen molar-refractivity contribution in [3.8, 4) is 52.3 Å². The quantitative estimate of drug-likeness (QED) is 0.192. The van der Waals surface area contributed by atoms with Gasteiger partial charge in [0.05, 0.1) is 11.4 Å². The second kappa shape index (κ2) is 15.6. The lowest BCUT2D eigenvalue weighted by Gasteiger charge is -2.05. The monoisotopic (exact) mass is 710 g/mol. The molecule has 2 N–H and O–H groups in total. The normalized spacial score (nSPS) is 10.2. The summed E-state index contributed by atoms with van der Waals surface area (Å²) in [7, 11) is 3.64. The summed E-state index contributed by atoms with van der Waals surface area (Å²) < 4.78 is 3.57. The largest absolute Gasteiger partial charge is 0.364 e. The van der Waals surface area contributed by atoms with Crippen molar-refractivity contribution in [3.05, 3.63) is 140 Å². The number of nitrogens with zero attached hydrogens (tertiary/aromatic N) is 7. The molecule has 0 bridgehead atoms. The number of carbonyl (C=O) groups is 1. The van der Waals surface area contributed by atoms with Crippen LogP contribution in [0.4, 0.5) is 0 Å². The van der Waals surface area contributed by atoms with E-state index in [4.69, 9.17) is 28.9 Å². The highest BCUT2D eigenvalue weighted by Gasteiger charge is 2.20. The first kappa shape index (κ1) is 36.1. The smallest absolute Gasteiger partial charge is 0.269 e. The number of hydrogen-bond donors (Lipinski definition) is 1. The molecule has 0 spiro atoms. The third-order valence-electron chi connectivity index (χ3n) is 8.05. The third-order valence-corrected chi connectivity index (χ3v) is 8.87. The van der Waals surface area contributed by atoms with E-state index < -0.39 is 5.91 Å². The van der Waals surface area contributed by atoms with Crippen molar-refractivity contribution in [2.45, 2.75) is 27.7 Å². The zero-order valence-corrected chi connectivity index (χ0v) is 30.3. The molecule has 252 valence electrons. The summed E-state index contributed by atoms with van der Waals surface area (Å²) in [5.74, 6) is 12.6. The number of primary amides is 1. The van der Waals surface area contributed by atoms with E-state index in [1.807, 2.05) is 100.0 Å². The lowest BCUT2D eigenvalue weighted by atomic mass is 10.1. The highest BCUT2D eigenvalue weighted by Crippen LogP contribution is 2.25. The van der Waals surface area contributed by atoms with Crippen LogP contribution in [0.15, 0.2) is 73.1 Å². The molecule has 4 heterocycles. The molecule has 11 heteroatoms. The summed E-state index contributed by atoms with van der Waals surface area (Å²) in [6.07, 6.45) is 3.43. The summed E-state index contributed by atoms with van der Waals surface area (Å²) in [5.41, 5.74) is 14.2. The molecule has 51 heavy (non-hydrogen) atoms. The Bertz CT molecular complexity index is 2450. The van der Waals surface area contributed by atoms with Crippen molar-refractivity contribution in [3.63, 3.8) is 0 Å². The zero-order chi connectivity index (χ0) is 36.8. The Morgan fingerprint density at radius 1 is 0.686 bits per heavy atom. The van der Waals surface area contributed by atoms with E-state index in [1.54, 1.807) is 24.0 Å². The van der Waals surface area contributed by atoms with Crippen LogP contribution in [0.3, 0.4) is 0 Å². The van der Waals surface area contributed by atoms with Crippen molar-refractivity contribution < 1.29 is 4.79 Å². The molecular weight excluding hydrogens is 679 g/mol. The number of benzene rings is 2. The molecular formula is C40H32Cl2N8O. The number of rotatable bonds is 3. The Morgan fingerprint density at radius 3 is 1.61 bits per heavy atom. The minimum Gasteiger partial charge on any atom is -0.364 e. The van der Waals surface area contributed by atoms with Crippen LogP contribution in [-0.2, 0) is 14.1 Å². The molecule has 0 unspecified atom stereocenters. The van der Waals surface area contributed by atoms with Crippen LogP contribution >= 0.6 is 23.2 Å². The van der Waals surface area contributed by atoms with Gasteiger partial charge in [0, 0.05) is 70.2 Å². The highest BCUT2D eigenvalue weighted by atomic mass is 35.5. The summed E-state index contributed by atoms with van der Waals surface area (Å²) >= 11 is 12.3. The number of imidazole rings is 2. The van der Waals surface area contributed by atoms with Crippen LogP contribution < -0.4 is 5.73 Å². The third kappa shape index (κ3) is 8.01. The molecule has 0 fully saturated rings. The lowest BCUT2D eigenvalue weighted by molar-refractivity contribution is 0.0996. The second-order valence-corrected chi connectivity index (χ2v) is 12.4. The molecule has 1 amide bonds. The van der Waals surface area contributed by atoms with Crippen molar-refractivity contribution >= 4 is 29.1 Å². The van der Waals surface area contributed by atoms with Crippen LogP contribution in [0.5, 0.6) is 0 Å². The van der Waals surface area contributed by atoms with E-state index in [-0.39, 0.29) is 5.69 Å². The number of aryl methyl sites for hydroxylation is 2. The van der Waals surface area contributed by atoms with Gasteiger partial charge in [0.15, 0.2) is 23.0 Å². The van der Waals surface area contributed by atoms with Gasteiger partial charge in [-0.1, -0.05) is 47.2 Å². The predicted octanol–water partition coefficient (Wildman–Crippen LogP) is 7.27. The number of amides is 1. The Hall–Kier alpha value is -6.18. The molecule has 6 aromatic rings. The van der Waals surface area contributed by atoms with Crippen LogP contribution in [0.1, 0.15) is 61.5 Å². The molecule has 0 aliphatic carbocycles. The Balaban J connectivity index is 0.000000198. The van der Waals surface area contributed by atoms with Crippen molar-refractivity contribution in [1.82, 2.24) is 29.1 Å². The fraction of sp³-hybridized carbons (Fsp3) is 0.150. The zero-order valence-electron chi connectivity index (χ0n) is 28.8. The maximum absolute atomic E-state index is 11.9. The van der Waals surface area contributed by atoms with Crippen LogP contribution in [0, 0.1) is 62.7 Å².